The number of nitrogens with zero attached hydrogens (tertiary/aromatic N) is 2. The van der Waals surface area contributed by atoms with Crippen molar-refractivity contribution in [2.45, 2.75) is 17.9 Å². The standard InChI is InChI=1S/C13H14N4O3S/c1-9(13-14-6-7-15-13)16-12(18)8-21-11-4-2-10(3-5-11)17(19)20/h2-7,9H,8H2,1H3,(H,14,15)(H,16,18). The predicted molar refractivity (Wildman–Crippen MR) is 79.0 cm³/mol. The molecule has 8 heteroatoms. The largest absolute Gasteiger partial charge is 0.347 e. The second-order valence-electron chi connectivity index (χ2n) is 4.30. The zero-order valence-corrected chi connectivity index (χ0v) is 12.1. The summed E-state index contributed by atoms with van der Waals surface area (Å²) in [5, 5.41) is 13.4. The molecule has 2 N–H and O–H groups in total. The SMILES string of the molecule is CC(NC(=O)CSc1ccc([N+](=O)[O-])cc1)c1ncc[nH]1. The molecule has 1 unspecified atom stereocenters. The fraction of sp³-hybridized carbons (Fsp3) is 0.231. The molecular weight excluding hydrogens is 292 g/mol. The molecule has 21 heavy (non-hydrogen) atoms. The molecule has 2 aromatic rings. The Morgan fingerprint density at radius 3 is 2.76 bits per heavy atom. The van der Waals surface area contributed by atoms with Crippen LogP contribution >= 0.6 is 11.8 Å². The van der Waals surface area contributed by atoms with Gasteiger partial charge in [0.15, 0.2) is 0 Å². The van der Waals surface area contributed by atoms with Crippen LogP contribution in [0.15, 0.2) is 41.6 Å². The highest BCUT2D eigenvalue weighted by molar-refractivity contribution is 8.00. The van der Waals surface area contributed by atoms with E-state index in [9.17, 15) is 14.9 Å². The number of rotatable bonds is 6. The molecule has 1 heterocycles. The van der Waals surface area contributed by atoms with Crippen molar-refractivity contribution >= 4 is 23.4 Å². The lowest BCUT2D eigenvalue weighted by molar-refractivity contribution is -0.384. The number of amides is 1. The highest BCUT2D eigenvalue weighted by Gasteiger charge is 2.12. The van der Waals surface area contributed by atoms with Gasteiger partial charge in [-0.05, 0) is 19.1 Å². The summed E-state index contributed by atoms with van der Waals surface area (Å²) >= 11 is 1.32. The fourth-order valence-corrected chi connectivity index (χ4v) is 2.39. The molecule has 0 aliphatic carbocycles. The van der Waals surface area contributed by atoms with E-state index in [-0.39, 0.29) is 23.4 Å². The second kappa shape index (κ2) is 6.89. The molecule has 2 rings (SSSR count). The number of hydrogen-bond acceptors (Lipinski definition) is 5. The number of nitrogens with one attached hydrogen (secondary N) is 2. The van der Waals surface area contributed by atoms with Crippen molar-refractivity contribution in [2.75, 3.05) is 5.75 Å². The number of nitro benzene ring substituents is 1. The Morgan fingerprint density at radius 1 is 1.48 bits per heavy atom. The number of hydrogen-bond donors (Lipinski definition) is 2. The van der Waals surface area contributed by atoms with E-state index in [2.05, 4.69) is 15.3 Å². The van der Waals surface area contributed by atoms with Gasteiger partial charge in [-0.1, -0.05) is 0 Å². The van der Waals surface area contributed by atoms with Crippen molar-refractivity contribution in [3.8, 4) is 0 Å². The van der Waals surface area contributed by atoms with E-state index >= 15 is 0 Å². The lowest BCUT2D eigenvalue weighted by atomic mass is 10.3. The first-order chi connectivity index (χ1) is 10.1. The number of imidazole rings is 1. The van der Waals surface area contributed by atoms with Crippen molar-refractivity contribution in [3.63, 3.8) is 0 Å². The van der Waals surface area contributed by atoms with Crippen LogP contribution in [0.4, 0.5) is 5.69 Å². The van der Waals surface area contributed by atoms with Crippen LogP contribution < -0.4 is 5.32 Å². The third-order valence-electron chi connectivity index (χ3n) is 2.72. The topological polar surface area (TPSA) is 101 Å². The monoisotopic (exact) mass is 306 g/mol. The molecule has 0 radical (unpaired) electrons. The number of non-ortho nitro benzene ring substituents is 1. The summed E-state index contributed by atoms with van der Waals surface area (Å²) in [6.07, 6.45) is 3.33. The quantitative estimate of drug-likeness (QED) is 0.484. The van der Waals surface area contributed by atoms with Gasteiger partial charge in [0.25, 0.3) is 5.69 Å². The van der Waals surface area contributed by atoms with Gasteiger partial charge < -0.3 is 10.3 Å². The predicted octanol–water partition coefficient (Wildman–Crippen LogP) is 2.29. The van der Waals surface area contributed by atoms with Crippen LogP contribution in [0, 0.1) is 10.1 Å². The van der Waals surface area contributed by atoms with Crippen molar-refractivity contribution in [2.24, 2.45) is 0 Å². The lowest BCUT2D eigenvalue weighted by Gasteiger charge is -2.11. The van der Waals surface area contributed by atoms with Crippen LogP contribution in [-0.2, 0) is 4.79 Å². The second-order valence-corrected chi connectivity index (χ2v) is 5.35. The number of H-pyrrole nitrogens is 1. The van der Waals surface area contributed by atoms with Crippen LogP contribution in [0.5, 0.6) is 0 Å². The smallest absolute Gasteiger partial charge is 0.269 e. The first kappa shape index (κ1) is 15.0. The van der Waals surface area contributed by atoms with E-state index < -0.39 is 4.92 Å². The Kier molecular flexibility index (Phi) is 4.94. The molecule has 7 nitrogen and oxygen atoms in total. The van der Waals surface area contributed by atoms with Gasteiger partial charge >= 0.3 is 0 Å². The number of thioether (sulfide) groups is 1. The highest BCUT2D eigenvalue weighted by Crippen LogP contribution is 2.21. The molecule has 0 saturated carbocycles. The molecule has 1 aromatic carbocycles. The van der Waals surface area contributed by atoms with Crippen LogP contribution in [0.25, 0.3) is 0 Å². The van der Waals surface area contributed by atoms with Gasteiger partial charge in [0.2, 0.25) is 5.91 Å². The summed E-state index contributed by atoms with van der Waals surface area (Å²) < 4.78 is 0. The van der Waals surface area contributed by atoms with Crippen molar-refractivity contribution in [1.82, 2.24) is 15.3 Å². The van der Waals surface area contributed by atoms with Gasteiger partial charge in [-0.3, -0.25) is 14.9 Å². The Labute approximate surface area is 125 Å². The lowest BCUT2D eigenvalue weighted by Crippen LogP contribution is -2.28. The summed E-state index contributed by atoms with van der Waals surface area (Å²) in [6, 6.07) is 5.92. The van der Waals surface area contributed by atoms with E-state index in [1.54, 1.807) is 24.5 Å². The first-order valence-corrected chi connectivity index (χ1v) is 7.20. The number of benzene rings is 1. The minimum absolute atomic E-state index is 0.0373. The average Bonchev–Trinajstić information content (AvgIpc) is 3.00. The van der Waals surface area contributed by atoms with Crippen molar-refractivity contribution < 1.29 is 9.72 Å². The number of aromatic amines is 1. The zero-order chi connectivity index (χ0) is 15.2. The molecule has 110 valence electrons. The zero-order valence-electron chi connectivity index (χ0n) is 11.3. The molecule has 1 aromatic heterocycles. The molecule has 0 aliphatic heterocycles. The van der Waals surface area contributed by atoms with Crippen LogP contribution in [0.2, 0.25) is 0 Å². The van der Waals surface area contributed by atoms with Gasteiger partial charge in [-0.25, -0.2) is 4.98 Å². The fourth-order valence-electron chi connectivity index (χ4n) is 1.68. The van der Waals surface area contributed by atoms with Gasteiger partial charge in [0.1, 0.15) is 5.82 Å². The van der Waals surface area contributed by atoms with Gasteiger partial charge in [-0.15, -0.1) is 11.8 Å². The Morgan fingerprint density at radius 2 is 2.19 bits per heavy atom. The van der Waals surface area contributed by atoms with E-state index in [1.807, 2.05) is 6.92 Å². The Balaban J connectivity index is 1.82. The number of carbonyl (C=O) groups is 1. The molecule has 0 fully saturated rings. The highest BCUT2D eigenvalue weighted by atomic mass is 32.2. The van der Waals surface area contributed by atoms with E-state index in [1.165, 1.54) is 23.9 Å². The summed E-state index contributed by atoms with van der Waals surface area (Å²) in [5.41, 5.74) is 0.0373. The number of nitro groups is 1. The molecule has 0 bridgehead atoms. The molecule has 0 saturated heterocycles. The third-order valence-corrected chi connectivity index (χ3v) is 3.74. The average molecular weight is 306 g/mol. The third kappa shape index (κ3) is 4.32. The van der Waals surface area contributed by atoms with Crippen LogP contribution in [-0.4, -0.2) is 26.6 Å². The minimum Gasteiger partial charge on any atom is -0.347 e. The maximum Gasteiger partial charge on any atom is 0.269 e. The van der Waals surface area contributed by atoms with Gasteiger partial charge in [0, 0.05) is 29.4 Å². The number of aromatic nitrogens is 2. The summed E-state index contributed by atoms with van der Waals surface area (Å²) in [5.74, 6) is 0.814. The summed E-state index contributed by atoms with van der Waals surface area (Å²) in [6.45, 7) is 1.84. The maximum absolute atomic E-state index is 11.8. The Hall–Kier alpha value is -2.35. The van der Waals surface area contributed by atoms with E-state index in [4.69, 9.17) is 0 Å². The Bertz CT molecular complexity index is 613. The summed E-state index contributed by atoms with van der Waals surface area (Å²) in [7, 11) is 0. The molecule has 0 spiro atoms. The first-order valence-electron chi connectivity index (χ1n) is 6.22. The molecule has 1 amide bonds. The molecular formula is C13H14N4O3S. The molecule has 1 atom stereocenters. The van der Waals surface area contributed by atoms with Crippen LogP contribution in [0.1, 0.15) is 18.8 Å². The van der Waals surface area contributed by atoms with E-state index in [0.717, 1.165) is 4.90 Å². The van der Waals surface area contributed by atoms with Crippen molar-refractivity contribution in [3.05, 3.63) is 52.6 Å². The van der Waals surface area contributed by atoms with E-state index in [0.29, 0.717) is 5.82 Å². The van der Waals surface area contributed by atoms with Gasteiger partial charge in [0.05, 0.1) is 16.7 Å². The molecule has 0 aliphatic rings. The maximum atomic E-state index is 11.8. The number of carbonyl (C=O) groups excluding carboxylic acids is 1. The van der Waals surface area contributed by atoms with Crippen LogP contribution in [0.3, 0.4) is 0 Å². The van der Waals surface area contributed by atoms with Gasteiger partial charge in [-0.2, -0.15) is 0 Å². The summed E-state index contributed by atoms with van der Waals surface area (Å²) in [4.78, 5) is 29.7. The minimum atomic E-state index is -0.452. The van der Waals surface area contributed by atoms with Crippen molar-refractivity contribution in [1.29, 1.82) is 0 Å². The normalized spacial score (nSPS) is 11.9.